The molecule has 2 aromatic carbocycles. The summed E-state index contributed by atoms with van der Waals surface area (Å²) in [6, 6.07) is 13.5. The number of nitrogens with one attached hydrogen (secondary N) is 1. The van der Waals surface area contributed by atoms with Crippen molar-refractivity contribution in [2.75, 3.05) is 12.9 Å². The van der Waals surface area contributed by atoms with Gasteiger partial charge in [0, 0.05) is 18.3 Å². The smallest absolute Gasteiger partial charge is 0.243 e. The summed E-state index contributed by atoms with van der Waals surface area (Å²) in [5, 5.41) is 3.18. The van der Waals surface area contributed by atoms with E-state index in [1.165, 1.54) is 30.3 Å². The maximum absolute atomic E-state index is 13.4. The molecule has 1 aliphatic rings. The fraction of sp³-hybridized carbons (Fsp3) is 0.481. The molecule has 0 aromatic heterocycles. The first-order valence-corrected chi connectivity index (χ1v) is 13.2. The third-order valence-electron chi connectivity index (χ3n) is 6.26. The van der Waals surface area contributed by atoms with Crippen molar-refractivity contribution in [2.45, 2.75) is 69.8 Å². The van der Waals surface area contributed by atoms with Gasteiger partial charge in [-0.1, -0.05) is 50.5 Å². The van der Waals surface area contributed by atoms with Crippen LogP contribution >= 0.6 is 11.8 Å². The minimum Gasteiger partial charge on any atom is -0.497 e. The molecular weight excluding hydrogens is 451 g/mol. The highest BCUT2D eigenvalue weighted by molar-refractivity contribution is 7.99. The average molecular weight is 487 g/mol. The van der Waals surface area contributed by atoms with E-state index in [-0.39, 0.29) is 36.0 Å². The number of thioether (sulfide) groups is 1. The van der Waals surface area contributed by atoms with Gasteiger partial charge >= 0.3 is 0 Å². The normalized spacial score (nSPS) is 14.9. The van der Waals surface area contributed by atoms with Crippen LogP contribution in [0.3, 0.4) is 0 Å². The van der Waals surface area contributed by atoms with Gasteiger partial charge in [0.1, 0.15) is 17.6 Å². The molecule has 1 aliphatic carbocycles. The zero-order valence-corrected chi connectivity index (χ0v) is 20.9. The lowest BCUT2D eigenvalue weighted by molar-refractivity contribution is -0.139. The molecule has 1 fully saturated rings. The second kappa shape index (κ2) is 13.4. The first kappa shape index (κ1) is 26.1. The van der Waals surface area contributed by atoms with E-state index in [4.69, 9.17) is 4.74 Å². The van der Waals surface area contributed by atoms with Crippen molar-refractivity contribution in [2.24, 2.45) is 0 Å². The Kier molecular flexibility index (Phi) is 10.3. The van der Waals surface area contributed by atoms with Gasteiger partial charge < -0.3 is 15.0 Å². The highest BCUT2D eigenvalue weighted by atomic mass is 32.2. The first-order valence-electron chi connectivity index (χ1n) is 12.0. The number of ether oxygens (including phenoxy) is 1. The molecule has 3 rings (SSSR count). The summed E-state index contributed by atoms with van der Waals surface area (Å²) in [5.74, 6) is 1.24. The van der Waals surface area contributed by atoms with Crippen molar-refractivity contribution >= 4 is 23.6 Å². The van der Waals surface area contributed by atoms with Crippen molar-refractivity contribution in [3.63, 3.8) is 0 Å². The minimum atomic E-state index is -0.555. The van der Waals surface area contributed by atoms with Gasteiger partial charge in [0.25, 0.3) is 0 Å². The van der Waals surface area contributed by atoms with E-state index in [1.807, 2.05) is 31.2 Å². The average Bonchev–Trinajstić information content (AvgIpc) is 2.86. The molecule has 1 N–H and O–H groups in total. The number of amides is 2. The Labute approximate surface area is 206 Å². The Morgan fingerprint density at radius 1 is 1.06 bits per heavy atom. The zero-order valence-electron chi connectivity index (χ0n) is 20.1. The third kappa shape index (κ3) is 7.76. The van der Waals surface area contributed by atoms with Crippen molar-refractivity contribution in [1.82, 2.24) is 10.2 Å². The molecule has 1 saturated carbocycles. The number of hydrogen-bond acceptors (Lipinski definition) is 4. The fourth-order valence-electron chi connectivity index (χ4n) is 4.31. The molecule has 1 unspecified atom stereocenters. The van der Waals surface area contributed by atoms with E-state index in [0.29, 0.717) is 12.2 Å². The van der Waals surface area contributed by atoms with Crippen LogP contribution in [0.15, 0.2) is 48.5 Å². The van der Waals surface area contributed by atoms with Gasteiger partial charge in [-0.2, -0.15) is 0 Å². The lowest BCUT2D eigenvalue weighted by atomic mass is 9.95. The molecule has 2 amide bonds. The number of nitrogens with zero attached hydrogens (tertiary/aromatic N) is 1. The van der Waals surface area contributed by atoms with Gasteiger partial charge in [0.2, 0.25) is 11.8 Å². The molecule has 34 heavy (non-hydrogen) atoms. The SMILES string of the molecule is CCC(C(=O)NC1CCCCC1)N(Cc1ccc(F)cc1)C(=O)CSCc1ccc(OC)cc1. The molecule has 7 heteroatoms. The lowest BCUT2D eigenvalue weighted by Gasteiger charge is -2.32. The summed E-state index contributed by atoms with van der Waals surface area (Å²) < 4.78 is 18.6. The van der Waals surface area contributed by atoms with E-state index in [9.17, 15) is 14.0 Å². The number of benzene rings is 2. The van der Waals surface area contributed by atoms with Gasteiger partial charge in [-0.15, -0.1) is 11.8 Å². The summed E-state index contributed by atoms with van der Waals surface area (Å²) in [6.07, 6.45) is 5.97. The highest BCUT2D eigenvalue weighted by Crippen LogP contribution is 2.21. The zero-order chi connectivity index (χ0) is 24.3. The van der Waals surface area contributed by atoms with Crippen LogP contribution in [0.2, 0.25) is 0 Å². The molecule has 5 nitrogen and oxygen atoms in total. The van der Waals surface area contributed by atoms with E-state index >= 15 is 0 Å². The second-order valence-corrected chi connectivity index (χ2v) is 9.74. The summed E-state index contributed by atoms with van der Waals surface area (Å²) in [4.78, 5) is 28.2. The summed E-state index contributed by atoms with van der Waals surface area (Å²) in [5.41, 5.74) is 1.91. The molecule has 0 saturated heterocycles. The Balaban J connectivity index is 1.67. The largest absolute Gasteiger partial charge is 0.497 e. The monoisotopic (exact) mass is 486 g/mol. The number of methoxy groups -OCH3 is 1. The Bertz CT molecular complexity index is 914. The van der Waals surface area contributed by atoms with Crippen molar-refractivity contribution in [1.29, 1.82) is 0 Å². The van der Waals surface area contributed by atoms with Crippen LogP contribution in [-0.4, -0.2) is 41.7 Å². The van der Waals surface area contributed by atoms with Crippen molar-refractivity contribution in [3.8, 4) is 5.75 Å². The van der Waals surface area contributed by atoms with Gasteiger partial charge in [-0.25, -0.2) is 4.39 Å². The Hall–Kier alpha value is -2.54. The fourth-order valence-corrected chi connectivity index (χ4v) is 5.18. The molecular formula is C27H35FN2O3S. The molecule has 0 bridgehead atoms. The van der Waals surface area contributed by atoms with Gasteiger partial charge in [-0.3, -0.25) is 9.59 Å². The molecule has 0 spiro atoms. The Morgan fingerprint density at radius 2 is 1.71 bits per heavy atom. The molecule has 2 aromatic rings. The van der Waals surface area contributed by atoms with E-state index in [2.05, 4.69) is 5.32 Å². The predicted molar refractivity (Wildman–Crippen MR) is 135 cm³/mol. The quantitative estimate of drug-likeness (QED) is 0.467. The predicted octanol–water partition coefficient (Wildman–Crippen LogP) is 5.32. The molecule has 0 radical (unpaired) electrons. The maximum atomic E-state index is 13.4. The van der Waals surface area contributed by atoms with Crippen LogP contribution in [-0.2, 0) is 21.9 Å². The summed E-state index contributed by atoms with van der Waals surface area (Å²) >= 11 is 1.52. The summed E-state index contributed by atoms with van der Waals surface area (Å²) in [7, 11) is 1.63. The van der Waals surface area contributed by atoms with E-state index in [0.717, 1.165) is 42.6 Å². The number of rotatable bonds is 11. The van der Waals surface area contributed by atoms with Gasteiger partial charge in [-0.05, 0) is 54.7 Å². The molecule has 184 valence electrons. The number of hydrogen-bond donors (Lipinski definition) is 1. The number of carbonyl (C=O) groups excluding carboxylic acids is 2. The van der Waals surface area contributed by atoms with Crippen LogP contribution in [0.1, 0.15) is 56.6 Å². The van der Waals surface area contributed by atoms with E-state index in [1.54, 1.807) is 24.1 Å². The lowest BCUT2D eigenvalue weighted by Crippen LogP contribution is -2.52. The standard InChI is InChI=1S/C27H35FN2O3S/c1-3-25(27(32)29-23-7-5-4-6-8-23)30(17-20-9-13-22(28)14-10-20)26(31)19-34-18-21-11-15-24(33-2)16-12-21/h9-16,23,25H,3-8,17-19H2,1-2H3,(H,29,32). The van der Waals surface area contributed by atoms with Crippen molar-refractivity contribution in [3.05, 3.63) is 65.5 Å². The number of carbonyl (C=O) groups is 2. The van der Waals surface area contributed by atoms with Crippen LogP contribution in [0, 0.1) is 5.82 Å². The van der Waals surface area contributed by atoms with Crippen LogP contribution < -0.4 is 10.1 Å². The van der Waals surface area contributed by atoms with E-state index < -0.39 is 6.04 Å². The third-order valence-corrected chi connectivity index (χ3v) is 7.25. The first-order chi connectivity index (χ1) is 16.5. The molecule has 0 aliphatic heterocycles. The van der Waals surface area contributed by atoms with Crippen LogP contribution in [0.4, 0.5) is 4.39 Å². The summed E-state index contributed by atoms with van der Waals surface area (Å²) in [6.45, 7) is 2.21. The van der Waals surface area contributed by atoms with Crippen LogP contribution in [0.25, 0.3) is 0 Å². The van der Waals surface area contributed by atoms with Crippen molar-refractivity contribution < 1.29 is 18.7 Å². The topological polar surface area (TPSA) is 58.6 Å². The Morgan fingerprint density at radius 3 is 2.32 bits per heavy atom. The maximum Gasteiger partial charge on any atom is 0.243 e. The number of halogens is 1. The van der Waals surface area contributed by atoms with Gasteiger partial charge in [0.05, 0.1) is 12.9 Å². The molecule has 0 heterocycles. The molecule has 1 atom stereocenters. The van der Waals surface area contributed by atoms with Crippen LogP contribution in [0.5, 0.6) is 5.75 Å². The second-order valence-electron chi connectivity index (χ2n) is 8.76. The minimum absolute atomic E-state index is 0.0894. The van der Waals surface area contributed by atoms with Gasteiger partial charge in [0.15, 0.2) is 0 Å². The highest BCUT2D eigenvalue weighted by Gasteiger charge is 2.30.